The van der Waals surface area contributed by atoms with E-state index >= 15 is 0 Å². The second kappa shape index (κ2) is 3.54. The Labute approximate surface area is 97.6 Å². The summed E-state index contributed by atoms with van der Waals surface area (Å²) in [6, 6.07) is 0. The first kappa shape index (κ1) is 10.2. The van der Waals surface area contributed by atoms with Crippen molar-refractivity contribution in [2.75, 3.05) is 18.5 Å². The molecule has 1 unspecified atom stereocenters. The zero-order chi connectivity index (χ0) is 10.5. The lowest BCUT2D eigenvalue weighted by Gasteiger charge is -2.54. The van der Waals surface area contributed by atoms with Crippen molar-refractivity contribution in [1.82, 2.24) is 0 Å². The van der Waals surface area contributed by atoms with Crippen molar-refractivity contribution in [2.24, 2.45) is 17.8 Å². The summed E-state index contributed by atoms with van der Waals surface area (Å²) in [5, 5.41) is 0.919. The van der Waals surface area contributed by atoms with Gasteiger partial charge in [-0.1, -0.05) is 15.9 Å². The molecule has 3 aliphatic rings. The molecule has 15 heavy (non-hydrogen) atoms. The van der Waals surface area contributed by atoms with Gasteiger partial charge in [-0.3, -0.25) is 4.79 Å². The summed E-state index contributed by atoms with van der Waals surface area (Å²) in [6.45, 7) is 1.38. The normalized spacial score (nSPS) is 41.9. The Balaban J connectivity index is 1.85. The number of fused-ring (bicyclic) bond motifs is 2. The van der Waals surface area contributed by atoms with E-state index in [0.717, 1.165) is 24.6 Å². The molecule has 0 radical (unpaired) electrons. The molecule has 1 heterocycles. The van der Waals surface area contributed by atoms with E-state index in [1.807, 2.05) is 0 Å². The first-order chi connectivity index (χ1) is 7.29. The van der Waals surface area contributed by atoms with E-state index in [1.165, 1.54) is 0 Å². The Hall–Kier alpha value is 0.0700. The van der Waals surface area contributed by atoms with E-state index in [-0.39, 0.29) is 11.7 Å². The van der Waals surface area contributed by atoms with Crippen LogP contribution in [0.25, 0.3) is 0 Å². The smallest absolute Gasteiger partial charge is 0.175 e. The molecule has 2 saturated carbocycles. The van der Waals surface area contributed by atoms with E-state index in [4.69, 9.17) is 9.47 Å². The molecule has 1 saturated heterocycles. The molecule has 1 aliphatic heterocycles. The van der Waals surface area contributed by atoms with Gasteiger partial charge in [-0.05, 0) is 12.8 Å². The van der Waals surface area contributed by atoms with Gasteiger partial charge in [0, 0.05) is 29.5 Å². The molecule has 0 bridgehead atoms. The van der Waals surface area contributed by atoms with Crippen LogP contribution in [0.3, 0.4) is 0 Å². The van der Waals surface area contributed by atoms with Crippen molar-refractivity contribution in [2.45, 2.75) is 25.0 Å². The van der Waals surface area contributed by atoms with Crippen LogP contribution in [-0.2, 0) is 14.3 Å². The van der Waals surface area contributed by atoms with E-state index in [2.05, 4.69) is 15.9 Å². The molecule has 0 aromatic heterocycles. The van der Waals surface area contributed by atoms with Crippen LogP contribution < -0.4 is 0 Å². The summed E-state index contributed by atoms with van der Waals surface area (Å²) in [7, 11) is 0. The summed E-state index contributed by atoms with van der Waals surface area (Å²) < 4.78 is 11.6. The third kappa shape index (κ3) is 1.22. The molecule has 3 atom stereocenters. The number of carbonyl (C=O) groups excluding carboxylic acids is 1. The number of Topliss-reactive ketones (excluding diaryl/α,β-unsaturated/α-hetero) is 1. The van der Waals surface area contributed by atoms with Crippen LogP contribution in [0.1, 0.15) is 19.3 Å². The maximum atomic E-state index is 11.7. The predicted octanol–water partition coefficient (Wildman–Crippen LogP) is 1.74. The predicted molar refractivity (Wildman–Crippen MR) is 57.8 cm³/mol. The average molecular weight is 275 g/mol. The van der Waals surface area contributed by atoms with Gasteiger partial charge in [0.1, 0.15) is 5.78 Å². The lowest BCUT2D eigenvalue weighted by atomic mass is 9.59. The van der Waals surface area contributed by atoms with Crippen molar-refractivity contribution in [3.8, 4) is 0 Å². The Morgan fingerprint density at radius 3 is 2.80 bits per heavy atom. The minimum absolute atomic E-state index is 0.223. The zero-order valence-corrected chi connectivity index (χ0v) is 10.2. The highest BCUT2D eigenvalue weighted by atomic mass is 79.9. The van der Waals surface area contributed by atoms with Crippen LogP contribution in [0.5, 0.6) is 0 Å². The van der Waals surface area contributed by atoms with Crippen LogP contribution >= 0.6 is 15.9 Å². The highest BCUT2D eigenvalue weighted by molar-refractivity contribution is 9.09. The molecule has 3 nitrogen and oxygen atoms in total. The monoisotopic (exact) mass is 274 g/mol. The Morgan fingerprint density at radius 2 is 2.13 bits per heavy atom. The van der Waals surface area contributed by atoms with Gasteiger partial charge in [-0.25, -0.2) is 0 Å². The number of ether oxygens (including phenoxy) is 2. The topological polar surface area (TPSA) is 35.5 Å². The summed E-state index contributed by atoms with van der Waals surface area (Å²) in [4.78, 5) is 11.7. The van der Waals surface area contributed by atoms with E-state index in [0.29, 0.717) is 30.8 Å². The van der Waals surface area contributed by atoms with Gasteiger partial charge in [0.15, 0.2) is 5.79 Å². The fourth-order valence-corrected chi connectivity index (χ4v) is 4.10. The number of ketones is 1. The Bertz CT molecular complexity index is 286. The van der Waals surface area contributed by atoms with Gasteiger partial charge in [-0.2, -0.15) is 0 Å². The molecule has 1 spiro atoms. The van der Waals surface area contributed by atoms with E-state index in [9.17, 15) is 4.79 Å². The van der Waals surface area contributed by atoms with Gasteiger partial charge < -0.3 is 9.47 Å². The summed E-state index contributed by atoms with van der Waals surface area (Å²) >= 11 is 3.45. The van der Waals surface area contributed by atoms with Crippen LogP contribution in [0.15, 0.2) is 0 Å². The minimum atomic E-state index is -0.384. The molecule has 0 amide bonds. The van der Waals surface area contributed by atoms with Crippen molar-refractivity contribution in [3.63, 3.8) is 0 Å². The number of hydrogen-bond acceptors (Lipinski definition) is 3. The quantitative estimate of drug-likeness (QED) is 0.720. The van der Waals surface area contributed by atoms with Gasteiger partial charge in [0.25, 0.3) is 0 Å². The fraction of sp³-hybridized carbons (Fsp3) is 0.909. The lowest BCUT2D eigenvalue weighted by molar-refractivity contribution is -0.306. The number of carbonyl (C=O) groups is 1. The Morgan fingerprint density at radius 1 is 1.40 bits per heavy atom. The number of halogens is 1. The van der Waals surface area contributed by atoms with Crippen molar-refractivity contribution < 1.29 is 14.3 Å². The third-order valence-electron chi connectivity index (χ3n) is 4.13. The molecular weight excluding hydrogens is 260 g/mol. The number of rotatable bonds is 2. The van der Waals surface area contributed by atoms with Crippen LogP contribution in [-0.4, -0.2) is 30.1 Å². The maximum Gasteiger partial charge on any atom is 0.175 e. The van der Waals surface area contributed by atoms with Crippen LogP contribution in [0.2, 0.25) is 0 Å². The first-order valence-corrected chi connectivity index (χ1v) is 6.78. The van der Waals surface area contributed by atoms with Gasteiger partial charge in [0.2, 0.25) is 0 Å². The van der Waals surface area contributed by atoms with Gasteiger partial charge in [-0.15, -0.1) is 0 Å². The molecule has 3 fully saturated rings. The van der Waals surface area contributed by atoms with Crippen LogP contribution in [0, 0.1) is 17.8 Å². The standard InChI is InChI=1S/C11H15BrO3/c12-4-3-8-10-7(1-2-9(10)13)11(8)14-5-6-15-11/h7-8,10H,1-6H2/t7-,8?,10+/m1/s1. The lowest BCUT2D eigenvalue weighted by Crippen LogP contribution is -2.62. The average Bonchev–Trinajstić information content (AvgIpc) is 2.80. The second-order valence-corrected chi connectivity index (χ2v) is 5.43. The summed E-state index contributed by atoms with van der Waals surface area (Å²) in [5.41, 5.74) is 0. The minimum Gasteiger partial charge on any atom is -0.347 e. The maximum absolute atomic E-state index is 11.7. The first-order valence-electron chi connectivity index (χ1n) is 5.66. The summed E-state index contributed by atoms with van der Waals surface area (Å²) in [5.74, 6) is 0.900. The van der Waals surface area contributed by atoms with Crippen molar-refractivity contribution >= 4 is 21.7 Å². The third-order valence-corrected chi connectivity index (χ3v) is 4.59. The van der Waals surface area contributed by atoms with Crippen molar-refractivity contribution in [3.05, 3.63) is 0 Å². The van der Waals surface area contributed by atoms with Gasteiger partial charge >= 0.3 is 0 Å². The molecule has 0 aromatic carbocycles. The second-order valence-electron chi connectivity index (χ2n) is 4.64. The van der Waals surface area contributed by atoms with E-state index in [1.54, 1.807) is 0 Å². The number of alkyl halides is 1. The zero-order valence-electron chi connectivity index (χ0n) is 8.58. The molecule has 3 rings (SSSR count). The largest absolute Gasteiger partial charge is 0.347 e. The van der Waals surface area contributed by atoms with Crippen molar-refractivity contribution in [1.29, 1.82) is 0 Å². The fourth-order valence-electron chi connectivity index (χ4n) is 3.60. The summed E-state index contributed by atoms with van der Waals surface area (Å²) in [6.07, 6.45) is 2.66. The van der Waals surface area contributed by atoms with Gasteiger partial charge in [0.05, 0.1) is 13.2 Å². The Kier molecular flexibility index (Phi) is 2.41. The van der Waals surface area contributed by atoms with E-state index < -0.39 is 0 Å². The highest BCUT2D eigenvalue weighted by Gasteiger charge is 2.69. The van der Waals surface area contributed by atoms with Crippen LogP contribution in [0.4, 0.5) is 0 Å². The molecule has 0 N–H and O–H groups in total. The molecule has 0 aromatic rings. The SMILES string of the molecule is O=C1CC[C@@H]2[C@H]1C(CCBr)C21OCCO1. The molecular formula is C11H15BrO3. The molecule has 84 valence electrons. The highest BCUT2D eigenvalue weighted by Crippen LogP contribution is 2.61. The number of hydrogen-bond donors (Lipinski definition) is 0. The molecule has 4 heteroatoms. The molecule has 2 aliphatic carbocycles.